The zero-order chi connectivity index (χ0) is 41.7. The summed E-state index contributed by atoms with van der Waals surface area (Å²) in [5.41, 5.74) is 1.91. The van der Waals surface area contributed by atoms with Crippen LogP contribution in [-0.4, -0.2) is 112 Å². The van der Waals surface area contributed by atoms with E-state index in [-0.39, 0.29) is 83.9 Å². The van der Waals surface area contributed by atoms with Crippen LogP contribution in [0.5, 0.6) is 57.5 Å². The van der Waals surface area contributed by atoms with Crippen molar-refractivity contribution in [3.63, 3.8) is 0 Å². The van der Waals surface area contributed by atoms with E-state index in [4.69, 9.17) is 47.4 Å². The van der Waals surface area contributed by atoms with Crippen molar-refractivity contribution in [2.45, 2.75) is 36.6 Å². The standard InChI is InChI=1S/C42H50O16/c1-49-29-11-21(7-9-27(29)43)37(45)35-19-57-41(23-13-31(51-3)39(47)32(14-23)52-4)25(17-55-35)26-18-56-36(38(46)22-8-10-28(44)30(12-22)50-2)20-58-42(26)24-15-33(53-5)40(48)34(16-24)54-6/h7-16,25-26,35-38,41-48H,17-20H2,1-6H3/t25-,26+,35+,36-,37?,38?,41+,42-. The number of aliphatic hydroxyl groups is 2. The summed E-state index contributed by atoms with van der Waals surface area (Å²) in [6.07, 6.45) is -5.94. The van der Waals surface area contributed by atoms with Crippen LogP contribution in [0.4, 0.5) is 0 Å². The molecule has 2 saturated heterocycles. The Kier molecular flexibility index (Phi) is 13.5. The Morgan fingerprint density at radius 2 is 0.776 bits per heavy atom. The number of aliphatic hydroxyl groups excluding tert-OH is 2. The first kappa shape index (κ1) is 42.3. The number of hydrogen-bond acceptors (Lipinski definition) is 16. The van der Waals surface area contributed by atoms with E-state index in [1.165, 1.54) is 66.9 Å². The first-order valence-electron chi connectivity index (χ1n) is 18.4. The molecule has 0 saturated carbocycles. The fraction of sp³-hybridized carbons (Fsp3) is 0.429. The number of hydrogen-bond donors (Lipinski definition) is 6. The summed E-state index contributed by atoms with van der Waals surface area (Å²) < 4.78 is 59.0. The topological polar surface area (TPSA) is 214 Å². The second-order valence-corrected chi connectivity index (χ2v) is 13.9. The van der Waals surface area contributed by atoms with E-state index in [2.05, 4.69) is 0 Å². The summed E-state index contributed by atoms with van der Waals surface area (Å²) in [5, 5.41) is 65.4. The molecule has 16 nitrogen and oxygen atoms in total. The zero-order valence-corrected chi connectivity index (χ0v) is 33.0. The van der Waals surface area contributed by atoms with E-state index in [1.807, 2.05) is 0 Å². The molecule has 4 aromatic carbocycles. The van der Waals surface area contributed by atoms with Crippen molar-refractivity contribution in [2.24, 2.45) is 11.8 Å². The molecule has 2 aliphatic heterocycles. The van der Waals surface area contributed by atoms with E-state index in [0.717, 1.165) is 0 Å². The number of benzene rings is 4. The number of aromatic hydroxyl groups is 4. The maximum atomic E-state index is 11.6. The molecule has 6 N–H and O–H groups in total. The fourth-order valence-corrected chi connectivity index (χ4v) is 7.47. The summed E-state index contributed by atoms with van der Waals surface area (Å²) >= 11 is 0. The highest BCUT2D eigenvalue weighted by Gasteiger charge is 2.45. The van der Waals surface area contributed by atoms with Crippen LogP contribution >= 0.6 is 0 Å². The highest BCUT2D eigenvalue weighted by molar-refractivity contribution is 5.55. The van der Waals surface area contributed by atoms with Crippen molar-refractivity contribution in [1.82, 2.24) is 0 Å². The third-order valence-corrected chi connectivity index (χ3v) is 10.7. The lowest BCUT2D eigenvalue weighted by atomic mass is 9.79. The highest BCUT2D eigenvalue weighted by atomic mass is 16.6. The van der Waals surface area contributed by atoms with E-state index in [9.17, 15) is 30.6 Å². The summed E-state index contributed by atoms with van der Waals surface area (Å²) in [4.78, 5) is 0. The van der Waals surface area contributed by atoms with Gasteiger partial charge in [0.1, 0.15) is 24.4 Å². The van der Waals surface area contributed by atoms with Crippen molar-refractivity contribution in [1.29, 1.82) is 0 Å². The molecular formula is C42H50O16. The minimum absolute atomic E-state index is 0.0320. The maximum Gasteiger partial charge on any atom is 0.200 e. The van der Waals surface area contributed by atoms with Gasteiger partial charge in [-0.25, -0.2) is 0 Å². The minimum atomic E-state index is -1.22. The Labute approximate surface area is 335 Å². The van der Waals surface area contributed by atoms with Crippen LogP contribution in [0.3, 0.4) is 0 Å². The van der Waals surface area contributed by atoms with Crippen molar-refractivity contribution in [3.8, 4) is 57.5 Å². The van der Waals surface area contributed by atoms with Crippen LogP contribution in [-0.2, 0) is 18.9 Å². The molecular weight excluding hydrogens is 760 g/mol. The largest absolute Gasteiger partial charge is 0.504 e. The third-order valence-electron chi connectivity index (χ3n) is 10.7. The average Bonchev–Trinajstić information content (AvgIpc) is 3.61. The highest BCUT2D eigenvalue weighted by Crippen LogP contribution is 2.49. The van der Waals surface area contributed by atoms with Gasteiger partial charge in [0, 0.05) is 11.8 Å². The number of methoxy groups -OCH3 is 6. The molecule has 4 aromatic rings. The summed E-state index contributed by atoms with van der Waals surface area (Å²) in [5.74, 6) is -1.07. The zero-order valence-electron chi connectivity index (χ0n) is 33.0. The number of ether oxygens (including phenoxy) is 10. The van der Waals surface area contributed by atoms with Gasteiger partial charge in [-0.2, -0.15) is 0 Å². The summed E-state index contributed by atoms with van der Waals surface area (Å²) in [6.45, 7) is -0.284. The van der Waals surface area contributed by atoms with Gasteiger partial charge in [0.05, 0.1) is 81.3 Å². The molecule has 0 radical (unpaired) electrons. The van der Waals surface area contributed by atoms with Crippen molar-refractivity contribution < 1.29 is 78.0 Å². The van der Waals surface area contributed by atoms with Gasteiger partial charge in [-0.3, -0.25) is 0 Å². The molecule has 314 valence electrons. The summed E-state index contributed by atoms with van der Waals surface area (Å²) in [6, 6.07) is 15.5. The van der Waals surface area contributed by atoms with Crippen LogP contribution < -0.4 is 28.4 Å². The molecule has 8 atom stereocenters. The normalized spacial score (nSPS) is 23.4. The molecule has 0 spiro atoms. The molecule has 58 heavy (non-hydrogen) atoms. The van der Waals surface area contributed by atoms with Crippen LogP contribution in [0.25, 0.3) is 0 Å². The number of phenolic OH excluding ortho intramolecular Hbond substituents is 4. The summed E-state index contributed by atoms with van der Waals surface area (Å²) in [7, 11) is 8.46. The van der Waals surface area contributed by atoms with E-state index in [0.29, 0.717) is 22.3 Å². The predicted molar refractivity (Wildman–Crippen MR) is 206 cm³/mol. The Morgan fingerprint density at radius 1 is 0.448 bits per heavy atom. The monoisotopic (exact) mass is 810 g/mol. The minimum Gasteiger partial charge on any atom is -0.504 e. The smallest absolute Gasteiger partial charge is 0.200 e. The Morgan fingerprint density at radius 3 is 1.09 bits per heavy atom. The predicted octanol–water partition coefficient (Wildman–Crippen LogP) is 4.87. The molecule has 0 amide bonds. The quantitative estimate of drug-likeness (QED) is 0.106. The van der Waals surface area contributed by atoms with Crippen LogP contribution in [0, 0.1) is 11.8 Å². The second-order valence-electron chi connectivity index (χ2n) is 13.9. The number of phenols is 4. The first-order chi connectivity index (χ1) is 28.0. The Hall–Kier alpha value is -5.36. The van der Waals surface area contributed by atoms with E-state index >= 15 is 0 Å². The van der Waals surface area contributed by atoms with Gasteiger partial charge in [-0.1, -0.05) is 12.1 Å². The molecule has 0 aliphatic carbocycles. The molecule has 2 heterocycles. The molecule has 2 unspecified atom stereocenters. The van der Waals surface area contributed by atoms with Gasteiger partial charge in [0.2, 0.25) is 11.5 Å². The lowest BCUT2D eigenvalue weighted by molar-refractivity contribution is -0.0655. The molecule has 2 fully saturated rings. The lowest BCUT2D eigenvalue weighted by Gasteiger charge is -2.35. The Bertz CT molecular complexity index is 1830. The van der Waals surface area contributed by atoms with Crippen LogP contribution in [0.2, 0.25) is 0 Å². The fourth-order valence-electron chi connectivity index (χ4n) is 7.47. The van der Waals surface area contributed by atoms with Gasteiger partial charge in [0.15, 0.2) is 46.0 Å². The van der Waals surface area contributed by atoms with Crippen molar-refractivity contribution in [2.75, 3.05) is 69.1 Å². The van der Waals surface area contributed by atoms with Gasteiger partial charge < -0.3 is 78.0 Å². The SMILES string of the molecule is COc1cc(C(O)[C@@H]2CO[C@@H](c3cc(OC)c(O)c(OC)c3)[C@@H]([C@@H]3CO[C@@H](C(O)c4ccc(O)c(OC)c4)CO[C@@H]3c3cc(OC)c(O)c(OC)c3)CO2)ccc1O. The van der Waals surface area contributed by atoms with Gasteiger partial charge in [0.25, 0.3) is 0 Å². The molecule has 6 rings (SSSR count). The first-order valence-corrected chi connectivity index (χ1v) is 18.4. The lowest BCUT2D eigenvalue weighted by Crippen LogP contribution is -2.34. The van der Waals surface area contributed by atoms with E-state index < -0.39 is 48.5 Å². The molecule has 0 bridgehead atoms. The van der Waals surface area contributed by atoms with E-state index in [1.54, 1.807) is 36.4 Å². The number of rotatable bonds is 13. The average molecular weight is 811 g/mol. The molecule has 0 aromatic heterocycles. The third kappa shape index (κ3) is 8.57. The van der Waals surface area contributed by atoms with Gasteiger partial charge in [-0.05, 0) is 70.8 Å². The van der Waals surface area contributed by atoms with Crippen molar-refractivity contribution in [3.05, 3.63) is 82.9 Å². The molecule has 16 heteroatoms. The van der Waals surface area contributed by atoms with Crippen LogP contribution in [0.15, 0.2) is 60.7 Å². The van der Waals surface area contributed by atoms with Gasteiger partial charge >= 0.3 is 0 Å². The molecule has 2 aliphatic rings. The Balaban J connectivity index is 1.45. The van der Waals surface area contributed by atoms with Crippen molar-refractivity contribution >= 4 is 0 Å². The second kappa shape index (κ2) is 18.5. The van der Waals surface area contributed by atoms with Gasteiger partial charge in [-0.15, -0.1) is 0 Å². The van der Waals surface area contributed by atoms with Crippen LogP contribution in [0.1, 0.15) is 46.7 Å². The maximum absolute atomic E-state index is 11.6.